The Hall–Kier alpha value is -0.620. The lowest BCUT2D eigenvalue weighted by atomic mass is 10.2. The molecule has 0 radical (unpaired) electrons. The molecule has 0 saturated carbocycles. The number of hydrogen-bond donors (Lipinski definition) is 0. The molecule has 1 saturated heterocycles. The van der Waals surface area contributed by atoms with Gasteiger partial charge in [0.2, 0.25) is 0 Å². The fourth-order valence-electron chi connectivity index (χ4n) is 1.21. The minimum atomic E-state index is -3.47. The maximum absolute atomic E-state index is 10.7. The van der Waals surface area contributed by atoms with Crippen LogP contribution in [0.25, 0.3) is 0 Å². The van der Waals surface area contributed by atoms with Crippen LogP contribution in [-0.4, -0.2) is 32.9 Å². The van der Waals surface area contributed by atoms with Crippen LogP contribution in [0, 0.1) is 0 Å². The SMILES string of the molecule is C[C@@H](OS(C)(=O)=O)[C@@H]1CCC(=O)O1. The standard InChI is InChI=1S/C7H12O5S/c1-5(12-13(2,9)10)6-3-4-7(8)11-6/h5-6H,3-4H2,1-2H3/t5-,6+/m1/s1. The summed E-state index contributed by atoms with van der Waals surface area (Å²) in [5.41, 5.74) is 0. The molecule has 0 aromatic carbocycles. The van der Waals surface area contributed by atoms with E-state index in [4.69, 9.17) is 4.74 Å². The van der Waals surface area contributed by atoms with Crippen molar-refractivity contribution < 1.29 is 22.1 Å². The summed E-state index contributed by atoms with van der Waals surface area (Å²) in [7, 11) is -3.47. The summed E-state index contributed by atoms with van der Waals surface area (Å²) in [5.74, 6) is -0.297. The molecule has 6 heteroatoms. The first kappa shape index (κ1) is 10.5. The molecule has 1 aliphatic heterocycles. The second-order valence-electron chi connectivity index (χ2n) is 3.07. The van der Waals surface area contributed by atoms with Gasteiger partial charge in [0.25, 0.3) is 10.1 Å². The van der Waals surface area contributed by atoms with Gasteiger partial charge in [-0.2, -0.15) is 8.42 Å². The normalized spacial score (nSPS) is 25.7. The zero-order valence-electron chi connectivity index (χ0n) is 7.52. The molecule has 76 valence electrons. The van der Waals surface area contributed by atoms with Crippen molar-refractivity contribution in [3.05, 3.63) is 0 Å². The van der Waals surface area contributed by atoms with Crippen molar-refractivity contribution in [2.75, 3.05) is 6.26 Å². The summed E-state index contributed by atoms with van der Waals surface area (Å²) in [4.78, 5) is 10.7. The van der Waals surface area contributed by atoms with Crippen LogP contribution in [0.2, 0.25) is 0 Å². The second-order valence-corrected chi connectivity index (χ2v) is 4.67. The van der Waals surface area contributed by atoms with Crippen LogP contribution in [0.4, 0.5) is 0 Å². The highest BCUT2D eigenvalue weighted by Crippen LogP contribution is 2.19. The van der Waals surface area contributed by atoms with Crippen LogP contribution in [0.15, 0.2) is 0 Å². The molecule has 13 heavy (non-hydrogen) atoms. The van der Waals surface area contributed by atoms with Crippen molar-refractivity contribution in [2.24, 2.45) is 0 Å². The Labute approximate surface area is 77.1 Å². The lowest BCUT2D eigenvalue weighted by Gasteiger charge is -2.16. The predicted octanol–water partition coefficient (Wildman–Crippen LogP) is 0.0567. The summed E-state index contributed by atoms with van der Waals surface area (Å²) < 4.78 is 30.9. The van der Waals surface area contributed by atoms with E-state index >= 15 is 0 Å². The molecule has 5 nitrogen and oxygen atoms in total. The van der Waals surface area contributed by atoms with Gasteiger partial charge in [0.1, 0.15) is 12.2 Å². The van der Waals surface area contributed by atoms with Gasteiger partial charge in [-0.05, 0) is 13.3 Å². The van der Waals surface area contributed by atoms with Crippen molar-refractivity contribution >= 4 is 16.1 Å². The number of esters is 1. The Kier molecular flexibility index (Phi) is 2.92. The molecule has 1 rings (SSSR count). The number of rotatable bonds is 3. The monoisotopic (exact) mass is 208 g/mol. The summed E-state index contributed by atoms with van der Waals surface area (Å²) in [6.07, 6.45) is 0.807. The third-order valence-electron chi connectivity index (χ3n) is 1.77. The first-order chi connectivity index (χ1) is 5.88. The highest BCUT2D eigenvalue weighted by molar-refractivity contribution is 7.86. The van der Waals surface area contributed by atoms with E-state index in [1.807, 2.05) is 0 Å². The minimum absolute atomic E-state index is 0.297. The average molecular weight is 208 g/mol. The number of carbonyl (C=O) groups is 1. The minimum Gasteiger partial charge on any atom is -0.460 e. The first-order valence-corrected chi connectivity index (χ1v) is 5.78. The molecule has 0 N–H and O–H groups in total. The highest BCUT2D eigenvalue weighted by Gasteiger charge is 2.30. The summed E-state index contributed by atoms with van der Waals surface area (Å²) >= 11 is 0. The van der Waals surface area contributed by atoms with E-state index in [1.54, 1.807) is 6.92 Å². The van der Waals surface area contributed by atoms with Crippen LogP contribution in [0.1, 0.15) is 19.8 Å². The zero-order valence-corrected chi connectivity index (χ0v) is 8.33. The van der Waals surface area contributed by atoms with Gasteiger partial charge in [-0.1, -0.05) is 0 Å². The van der Waals surface area contributed by atoms with Gasteiger partial charge in [-0.3, -0.25) is 8.98 Å². The van der Waals surface area contributed by atoms with E-state index in [2.05, 4.69) is 4.18 Å². The molecule has 2 atom stereocenters. The molecular formula is C7H12O5S. The third kappa shape index (κ3) is 3.31. The van der Waals surface area contributed by atoms with Gasteiger partial charge in [-0.25, -0.2) is 0 Å². The first-order valence-electron chi connectivity index (χ1n) is 3.96. The molecule has 0 spiro atoms. The molecule has 0 aliphatic carbocycles. The van der Waals surface area contributed by atoms with Crippen molar-refractivity contribution in [3.63, 3.8) is 0 Å². The summed E-state index contributed by atoms with van der Waals surface area (Å²) in [6, 6.07) is 0. The number of carbonyl (C=O) groups excluding carboxylic acids is 1. The number of cyclic esters (lactones) is 1. The molecule has 1 heterocycles. The number of ether oxygens (including phenoxy) is 1. The van der Waals surface area contributed by atoms with Gasteiger partial charge in [0.05, 0.1) is 6.26 Å². The van der Waals surface area contributed by atoms with Crippen LogP contribution < -0.4 is 0 Å². The topological polar surface area (TPSA) is 69.7 Å². The van der Waals surface area contributed by atoms with E-state index in [9.17, 15) is 13.2 Å². The third-order valence-corrected chi connectivity index (χ3v) is 2.42. The Balaban J connectivity index is 2.49. The Bertz CT molecular complexity index is 294. The molecule has 1 aliphatic rings. The van der Waals surface area contributed by atoms with Crippen LogP contribution >= 0.6 is 0 Å². The molecule has 1 fully saturated rings. The summed E-state index contributed by atoms with van der Waals surface area (Å²) in [5, 5.41) is 0. The lowest BCUT2D eigenvalue weighted by Crippen LogP contribution is -2.28. The van der Waals surface area contributed by atoms with Crippen LogP contribution in [-0.2, 0) is 23.8 Å². The molecule has 0 aromatic rings. The fourth-order valence-corrected chi connectivity index (χ4v) is 1.89. The van der Waals surface area contributed by atoms with Gasteiger partial charge in [0, 0.05) is 6.42 Å². The Morgan fingerprint density at radius 1 is 1.62 bits per heavy atom. The van der Waals surface area contributed by atoms with E-state index < -0.39 is 22.3 Å². The average Bonchev–Trinajstić information content (AvgIpc) is 2.31. The predicted molar refractivity (Wildman–Crippen MR) is 44.5 cm³/mol. The van der Waals surface area contributed by atoms with Gasteiger partial charge < -0.3 is 4.74 Å². The maximum Gasteiger partial charge on any atom is 0.306 e. The smallest absolute Gasteiger partial charge is 0.306 e. The van der Waals surface area contributed by atoms with Crippen molar-refractivity contribution in [3.8, 4) is 0 Å². The Morgan fingerprint density at radius 2 is 2.23 bits per heavy atom. The molecule has 0 bridgehead atoms. The van der Waals surface area contributed by atoms with Crippen LogP contribution in [0.5, 0.6) is 0 Å². The quantitative estimate of drug-likeness (QED) is 0.484. The van der Waals surface area contributed by atoms with E-state index in [1.165, 1.54) is 0 Å². The van der Waals surface area contributed by atoms with Crippen molar-refractivity contribution in [2.45, 2.75) is 32.0 Å². The maximum atomic E-state index is 10.7. The second kappa shape index (κ2) is 3.63. The van der Waals surface area contributed by atoms with E-state index in [0.717, 1.165) is 6.26 Å². The van der Waals surface area contributed by atoms with E-state index in [-0.39, 0.29) is 5.97 Å². The van der Waals surface area contributed by atoms with Crippen LogP contribution in [0.3, 0.4) is 0 Å². The molecule has 0 amide bonds. The largest absolute Gasteiger partial charge is 0.460 e. The summed E-state index contributed by atoms with van der Waals surface area (Å²) in [6.45, 7) is 1.57. The Morgan fingerprint density at radius 3 is 2.62 bits per heavy atom. The van der Waals surface area contributed by atoms with Gasteiger partial charge in [0.15, 0.2) is 0 Å². The molecule has 0 aromatic heterocycles. The lowest BCUT2D eigenvalue weighted by molar-refractivity contribution is -0.144. The zero-order chi connectivity index (χ0) is 10.1. The van der Waals surface area contributed by atoms with Gasteiger partial charge >= 0.3 is 5.97 Å². The van der Waals surface area contributed by atoms with Crippen molar-refractivity contribution in [1.29, 1.82) is 0 Å². The van der Waals surface area contributed by atoms with Crippen molar-refractivity contribution in [1.82, 2.24) is 0 Å². The van der Waals surface area contributed by atoms with Gasteiger partial charge in [-0.15, -0.1) is 0 Å². The molecule has 0 unspecified atom stereocenters. The fraction of sp³-hybridized carbons (Fsp3) is 0.857. The highest BCUT2D eigenvalue weighted by atomic mass is 32.2. The molecular weight excluding hydrogens is 196 g/mol. The number of hydrogen-bond acceptors (Lipinski definition) is 5. The van der Waals surface area contributed by atoms with E-state index in [0.29, 0.717) is 12.8 Å².